The van der Waals surface area contributed by atoms with Crippen LogP contribution in [0.15, 0.2) is 243 Å². The van der Waals surface area contributed by atoms with Crippen LogP contribution in [0.4, 0.5) is 0 Å². The summed E-state index contributed by atoms with van der Waals surface area (Å²) in [7, 11) is 0. The fourth-order valence-corrected chi connectivity index (χ4v) is 12.5. The molecule has 15 rings (SSSR count). The third kappa shape index (κ3) is 5.75. The molecule has 0 fully saturated rings. The number of aromatic nitrogens is 4. The normalized spacial score (nSPS) is 12.1. The van der Waals surface area contributed by atoms with E-state index >= 15 is 0 Å². The lowest BCUT2D eigenvalue weighted by Crippen LogP contribution is -1.99. The number of nitrogens with zero attached hydrogens (tertiary/aromatic N) is 4. The van der Waals surface area contributed by atoms with E-state index in [9.17, 15) is 0 Å². The van der Waals surface area contributed by atoms with Crippen LogP contribution < -0.4 is 0 Å². The molecule has 11 aromatic carbocycles. The van der Waals surface area contributed by atoms with Crippen LogP contribution in [0.1, 0.15) is 0 Å². The van der Waals surface area contributed by atoms with Gasteiger partial charge < -0.3 is 18.3 Å². The maximum absolute atomic E-state index is 2.49. The van der Waals surface area contributed by atoms with E-state index in [4.69, 9.17) is 0 Å². The van der Waals surface area contributed by atoms with Crippen molar-refractivity contribution in [2.24, 2.45) is 0 Å². The van der Waals surface area contributed by atoms with Gasteiger partial charge in [-0.1, -0.05) is 127 Å². The highest BCUT2D eigenvalue weighted by Crippen LogP contribution is 2.41. The van der Waals surface area contributed by atoms with Crippen LogP contribution in [-0.4, -0.2) is 18.3 Å². The van der Waals surface area contributed by atoms with E-state index in [1.54, 1.807) is 0 Å². The first-order chi connectivity index (χ1) is 34.2. The van der Waals surface area contributed by atoms with E-state index in [1.807, 2.05) is 11.3 Å². The zero-order valence-corrected chi connectivity index (χ0v) is 38.1. The molecule has 0 radical (unpaired) electrons. The van der Waals surface area contributed by atoms with E-state index in [0.29, 0.717) is 0 Å². The molecule has 69 heavy (non-hydrogen) atoms. The number of para-hydroxylation sites is 2. The Bertz CT molecular complexity index is 4670. The Morgan fingerprint density at radius 3 is 1.59 bits per heavy atom. The molecular formula is C64H40N4S. The molecule has 8 bridgehead atoms. The van der Waals surface area contributed by atoms with Crippen LogP contribution in [0.2, 0.25) is 0 Å². The SMILES string of the molecule is c1ccc(-n2c3ccc4cc3c3cc(ccc32)n(-c2cccc3c2c2ccccc2n3-c2cccc3ccccc23)c2cccc(c2)c2cccc(c2)n4-c2ccc3c(c2)sc2ccccc23)cc1. The van der Waals surface area contributed by atoms with Gasteiger partial charge in [-0.25, -0.2) is 0 Å². The third-order valence-electron chi connectivity index (χ3n) is 14.3. The topological polar surface area (TPSA) is 19.7 Å². The van der Waals surface area contributed by atoms with Crippen LogP contribution in [0, 0.1) is 0 Å². The molecule has 322 valence electrons. The van der Waals surface area contributed by atoms with Crippen molar-refractivity contribution < 1.29 is 0 Å². The number of fused-ring (bicyclic) bond motifs is 14. The van der Waals surface area contributed by atoms with E-state index in [-0.39, 0.29) is 0 Å². The summed E-state index contributed by atoms with van der Waals surface area (Å²) in [6.45, 7) is 0. The predicted octanol–water partition coefficient (Wildman–Crippen LogP) is 17.6. The molecule has 0 saturated carbocycles. The predicted molar refractivity (Wildman–Crippen MR) is 294 cm³/mol. The smallest absolute Gasteiger partial charge is 0.0562 e. The summed E-state index contributed by atoms with van der Waals surface area (Å²) in [6.07, 6.45) is 0. The van der Waals surface area contributed by atoms with Gasteiger partial charge >= 0.3 is 0 Å². The van der Waals surface area contributed by atoms with Gasteiger partial charge in [0.2, 0.25) is 0 Å². The van der Waals surface area contributed by atoms with Crippen molar-refractivity contribution in [3.05, 3.63) is 243 Å². The van der Waals surface area contributed by atoms with E-state index in [0.717, 1.165) is 66.5 Å². The molecule has 0 N–H and O–H groups in total. The fourth-order valence-electron chi connectivity index (χ4n) is 11.4. The van der Waals surface area contributed by atoms with Gasteiger partial charge in [-0.15, -0.1) is 11.3 Å². The van der Waals surface area contributed by atoms with Crippen LogP contribution in [-0.2, 0) is 0 Å². The highest BCUT2D eigenvalue weighted by Gasteiger charge is 2.20. The first-order valence-electron chi connectivity index (χ1n) is 23.6. The van der Waals surface area contributed by atoms with Crippen LogP contribution >= 0.6 is 11.3 Å². The Hall–Kier alpha value is -8.90. The summed E-state index contributed by atoms with van der Waals surface area (Å²) in [4.78, 5) is 0. The number of benzene rings is 11. The molecule has 4 nitrogen and oxygen atoms in total. The Labute approximate surface area is 400 Å². The lowest BCUT2D eigenvalue weighted by Gasteiger charge is -2.15. The average Bonchev–Trinajstić information content (AvgIpc) is 4.06. The van der Waals surface area contributed by atoms with Crippen LogP contribution in [0.3, 0.4) is 0 Å². The highest BCUT2D eigenvalue weighted by atomic mass is 32.1. The Balaban J connectivity index is 1.10. The van der Waals surface area contributed by atoms with Gasteiger partial charge in [0, 0.05) is 80.5 Å². The lowest BCUT2D eigenvalue weighted by molar-refractivity contribution is 1.16. The second kappa shape index (κ2) is 14.8. The van der Waals surface area contributed by atoms with Crippen LogP contribution in [0.5, 0.6) is 0 Å². The van der Waals surface area contributed by atoms with Crippen molar-refractivity contribution in [1.29, 1.82) is 0 Å². The van der Waals surface area contributed by atoms with E-state index in [1.165, 1.54) is 63.7 Å². The van der Waals surface area contributed by atoms with Gasteiger partial charge in [0.1, 0.15) is 0 Å². The fraction of sp³-hybridized carbons (Fsp3) is 0. The first kappa shape index (κ1) is 38.2. The summed E-state index contributed by atoms with van der Waals surface area (Å²) in [6, 6.07) is 89.9. The molecule has 5 heteroatoms. The summed E-state index contributed by atoms with van der Waals surface area (Å²) in [5, 5.41) is 12.1. The zero-order valence-electron chi connectivity index (χ0n) is 37.3. The molecule has 0 aliphatic rings. The molecule has 4 heterocycles. The van der Waals surface area contributed by atoms with Crippen molar-refractivity contribution in [3.8, 4) is 22.7 Å². The first-order valence-corrected chi connectivity index (χ1v) is 24.4. The van der Waals surface area contributed by atoms with Gasteiger partial charge in [-0.3, -0.25) is 0 Å². The third-order valence-corrected chi connectivity index (χ3v) is 15.5. The monoisotopic (exact) mass is 896 g/mol. The number of thiophene rings is 1. The van der Waals surface area contributed by atoms with Gasteiger partial charge in [-0.2, -0.15) is 0 Å². The minimum atomic E-state index is 1.09. The van der Waals surface area contributed by atoms with Gasteiger partial charge in [-0.05, 0) is 131 Å². The molecule has 15 aromatic rings. The van der Waals surface area contributed by atoms with Crippen molar-refractivity contribution in [2.45, 2.75) is 0 Å². The summed E-state index contributed by atoms with van der Waals surface area (Å²) in [5.41, 5.74) is 13.6. The number of hydrogen-bond acceptors (Lipinski definition) is 1. The highest BCUT2D eigenvalue weighted by molar-refractivity contribution is 7.25. The average molecular weight is 897 g/mol. The number of hydrogen-bond donors (Lipinski definition) is 0. The van der Waals surface area contributed by atoms with Crippen molar-refractivity contribution in [2.75, 3.05) is 0 Å². The maximum Gasteiger partial charge on any atom is 0.0562 e. The number of rotatable bonds is 4. The molecule has 0 aliphatic heterocycles. The lowest BCUT2D eigenvalue weighted by atomic mass is 10.1. The van der Waals surface area contributed by atoms with E-state index in [2.05, 4.69) is 261 Å². The molecular weight excluding hydrogens is 857 g/mol. The van der Waals surface area contributed by atoms with Crippen molar-refractivity contribution in [3.63, 3.8) is 0 Å². The molecule has 0 saturated heterocycles. The second-order valence-corrected chi connectivity index (χ2v) is 19.2. The standard InChI is InChI=1S/C64H40N4S/c1-2-18-44(19-3-1)67-58-34-31-47-38-54(58)55-39-48(32-35-59(55)67)66(60-27-13-28-61-64(60)53-24-6-8-25-57(53)68(61)56-26-12-15-41-14-4-5-22-50(41)56)46-21-11-17-43(37-46)42-16-10-20-45(36-42)65(47)49-30-33-52-51-23-7-9-29-62(51)69-63(52)40-49/h1-40H. The summed E-state index contributed by atoms with van der Waals surface area (Å²) >= 11 is 1.86. The minimum Gasteiger partial charge on any atom is -0.310 e. The quantitative estimate of drug-likeness (QED) is 0.168. The molecule has 0 aliphatic carbocycles. The Morgan fingerprint density at radius 1 is 0.246 bits per heavy atom. The second-order valence-electron chi connectivity index (χ2n) is 18.1. The van der Waals surface area contributed by atoms with Gasteiger partial charge in [0.25, 0.3) is 0 Å². The molecule has 0 atom stereocenters. The molecule has 0 amide bonds. The zero-order chi connectivity index (χ0) is 45.2. The molecule has 4 aromatic heterocycles. The van der Waals surface area contributed by atoms with Crippen LogP contribution in [0.25, 0.3) is 130 Å². The van der Waals surface area contributed by atoms with Crippen molar-refractivity contribution >= 4 is 119 Å². The maximum atomic E-state index is 2.49. The Kier molecular flexibility index (Phi) is 8.20. The van der Waals surface area contributed by atoms with Gasteiger partial charge in [0.15, 0.2) is 0 Å². The van der Waals surface area contributed by atoms with E-state index < -0.39 is 0 Å². The Morgan fingerprint density at radius 2 is 0.797 bits per heavy atom. The van der Waals surface area contributed by atoms with Crippen molar-refractivity contribution in [1.82, 2.24) is 18.3 Å². The minimum absolute atomic E-state index is 1.09. The molecule has 0 spiro atoms. The molecule has 0 unspecified atom stereocenters. The largest absolute Gasteiger partial charge is 0.310 e. The summed E-state index contributed by atoms with van der Waals surface area (Å²) in [5.74, 6) is 0. The van der Waals surface area contributed by atoms with Gasteiger partial charge in [0.05, 0.1) is 33.4 Å². The summed E-state index contributed by atoms with van der Waals surface area (Å²) < 4.78 is 12.4.